The summed E-state index contributed by atoms with van der Waals surface area (Å²) in [7, 11) is -2.04. The predicted octanol–water partition coefficient (Wildman–Crippen LogP) is 1.65. The Labute approximate surface area is 159 Å². The summed E-state index contributed by atoms with van der Waals surface area (Å²) in [6, 6.07) is 4.76. The molecular weight excluding hydrogens is 370 g/mol. The Balaban J connectivity index is 1.67. The summed E-state index contributed by atoms with van der Waals surface area (Å²) in [5, 5.41) is 2.83. The van der Waals surface area contributed by atoms with E-state index in [0.29, 0.717) is 24.5 Å². The number of nitrogens with one attached hydrogen (secondary N) is 2. The molecule has 0 aromatic heterocycles. The van der Waals surface area contributed by atoms with Crippen LogP contribution in [0.3, 0.4) is 0 Å². The Kier molecular flexibility index (Phi) is 5.59. The van der Waals surface area contributed by atoms with E-state index in [9.17, 15) is 18.0 Å². The molecule has 1 saturated carbocycles. The van der Waals surface area contributed by atoms with Gasteiger partial charge in [-0.25, -0.2) is 8.42 Å². The Bertz CT molecular complexity index is 835. The summed E-state index contributed by atoms with van der Waals surface area (Å²) in [6.07, 6.45) is 4.48. The zero-order valence-electron chi connectivity index (χ0n) is 15.5. The molecule has 1 saturated heterocycles. The van der Waals surface area contributed by atoms with Gasteiger partial charge in [0.05, 0.1) is 25.0 Å². The third-order valence-corrected chi connectivity index (χ3v) is 5.38. The number of hydrogen-bond acceptors (Lipinski definition) is 5. The summed E-state index contributed by atoms with van der Waals surface area (Å²) in [4.78, 5) is 26.7. The first-order valence-corrected chi connectivity index (χ1v) is 10.9. The molecule has 1 heterocycles. The van der Waals surface area contributed by atoms with Gasteiger partial charge in [-0.15, -0.1) is 0 Å². The number of benzene rings is 1. The van der Waals surface area contributed by atoms with E-state index in [1.807, 2.05) is 0 Å². The number of rotatable bonds is 6. The first-order chi connectivity index (χ1) is 12.8. The maximum atomic E-state index is 12.7. The van der Waals surface area contributed by atoms with Gasteiger partial charge in [-0.2, -0.15) is 0 Å². The van der Waals surface area contributed by atoms with Crippen molar-refractivity contribution < 1.29 is 22.7 Å². The van der Waals surface area contributed by atoms with Crippen LogP contribution < -0.4 is 14.8 Å². The maximum Gasteiger partial charge on any atom is 0.229 e. The fourth-order valence-electron chi connectivity index (χ4n) is 3.29. The monoisotopic (exact) mass is 395 g/mol. The van der Waals surface area contributed by atoms with Gasteiger partial charge >= 0.3 is 0 Å². The first kappa shape index (κ1) is 19.5. The summed E-state index contributed by atoms with van der Waals surface area (Å²) in [6.45, 7) is 1.15. The Hall–Kier alpha value is -2.29. The summed E-state index contributed by atoms with van der Waals surface area (Å²) in [5.41, 5.74) is 0.726. The van der Waals surface area contributed by atoms with Crippen molar-refractivity contribution >= 4 is 33.2 Å². The maximum absolute atomic E-state index is 12.7. The molecule has 1 unspecified atom stereocenters. The molecule has 0 spiro atoms. The van der Waals surface area contributed by atoms with Gasteiger partial charge in [-0.05, 0) is 43.9 Å². The van der Waals surface area contributed by atoms with Crippen molar-refractivity contribution in [1.82, 2.24) is 4.90 Å². The fourth-order valence-corrected chi connectivity index (χ4v) is 3.85. The van der Waals surface area contributed by atoms with Crippen molar-refractivity contribution in [3.63, 3.8) is 0 Å². The van der Waals surface area contributed by atoms with Gasteiger partial charge in [0.15, 0.2) is 0 Å². The van der Waals surface area contributed by atoms with Gasteiger partial charge in [-0.3, -0.25) is 14.3 Å². The molecule has 1 atom stereocenters. The molecule has 148 valence electrons. The predicted molar refractivity (Wildman–Crippen MR) is 102 cm³/mol. The summed E-state index contributed by atoms with van der Waals surface area (Å²) >= 11 is 0. The number of ether oxygens (including phenoxy) is 1. The van der Waals surface area contributed by atoms with Gasteiger partial charge in [0.25, 0.3) is 0 Å². The quantitative estimate of drug-likeness (QED) is 0.762. The van der Waals surface area contributed by atoms with Crippen LogP contribution in [0.25, 0.3) is 0 Å². The number of piperidine rings is 1. The average molecular weight is 395 g/mol. The lowest BCUT2D eigenvalue weighted by molar-refractivity contribution is -0.135. The van der Waals surface area contributed by atoms with Crippen molar-refractivity contribution in [2.24, 2.45) is 11.8 Å². The smallest absolute Gasteiger partial charge is 0.229 e. The topological polar surface area (TPSA) is 105 Å². The van der Waals surface area contributed by atoms with Gasteiger partial charge in [-0.1, -0.05) is 0 Å². The van der Waals surface area contributed by atoms with E-state index in [2.05, 4.69) is 10.0 Å². The molecule has 27 heavy (non-hydrogen) atoms. The normalized spacial score (nSPS) is 20.1. The minimum absolute atomic E-state index is 0.151. The molecule has 3 rings (SSSR count). The second-order valence-electron chi connectivity index (χ2n) is 7.18. The molecule has 2 N–H and O–H groups in total. The van der Waals surface area contributed by atoms with Crippen LogP contribution in [0.4, 0.5) is 11.4 Å². The summed E-state index contributed by atoms with van der Waals surface area (Å²) in [5.74, 6) is 0.237. The van der Waals surface area contributed by atoms with E-state index in [0.717, 1.165) is 31.9 Å². The lowest BCUT2D eigenvalue weighted by Crippen LogP contribution is -2.44. The standard InChI is InChI=1S/C18H25N3O5S/c1-26-16-8-7-14(10-15(16)20-27(2,24)25)19-17(22)13-4-3-9-21(11-13)18(23)12-5-6-12/h7-8,10,12-13,20H,3-6,9,11H2,1-2H3,(H,19,22). The van der Waals surface area contributed by atoms with Gasteiger partial charge in [0.2, 0.25) is 21.8 Å². The molecule has 2 aliphatic rings. The average Bonchev–Trinajstić information content (AvgIpc) is 3.45. The second kappa shape index (κ2) is 7.75. The van der Waals surface area contributed by atoms with Crippen molar-refractivity contribution in [3.05, 3.63) is 18.2 Å². The molecule has 2 fully saturated rings. The lowest BCUT2D eigenvalue weighted by Gasteiger charge is -2.32. The number of amides is 2. The Morgan fingerprint density at radius 2 is 1.93 bits per heavy atom. The lowest BCUT2D eigenvalue weighted by atomic mass is 9.96. The van der Waals surface area contributed by atoms with Crippen LogP contribution in [0.1, 0.15) is 25.7 Å². The number of likely N-dealkylation sites (tertiary alicyclic amines) is 1. The van der Waals surface area contributed by atoms with Crippen molar-refractivity contribution in [2.45, 2.75) is 25.7 Å². The van der Waals surface area contributed by atoms with E-state index in [4.69, 9.17) is 4.74 Å². The summed E-state index contributed by atoms with van der Waals surface area (Å²) < 4.78 is 30.6. The molecule has 1 aliphatic heterocycles. The highest BCUT2D eigenvalue weighted by Crippen LogP contribution is 2.33. The van der Waals surface area contributed by atoms with E-state index in [1.165, 1.54) is 13.2 Å². The van der Waals surface area contributed by atoms with Crippen molar-refractivity contribution in [1.29, 1.82) is 0 Å². The van der Waals surface area contributed by atoms with Gasteiger partial charge in [0, 0.05) is 24.7 Å². The number of anilines is 2. The van der Waals surface area contributed by atoms with Gasteiger partial charge < -0.3 is 15.0 Å². The van der Waals surface area contributed by atoms with Crippen LogP contribution in [0.15, 0.2) is 18.2 Å². The molecular formula is C18H25N3O5S. The highest BCUT2D eigenvalue weighted by atomic mass is 32.2. The van der Waals surface area contributed by atoms with Crippen LogP contribution in [0, 0.1) is 11.8 Å². The van der Waals surface area contributed by atoms with Crippen LogP contribution in [0.5, 0.6) is 5.75 Å². The Morgan fingerprint density at radius 1 is 1.19 bits per heavy atom. The SMILES string of the molecule is COc1ccc(NC(=O)C2CCCN(C(=O)C3CC3)C2)cc1NS(C)(=O)=O. The molecule has 1 aromatic carbocycles. The highest BCUT2D eigenvalue weighted by molar-refractivity contribution is 7.92. The fraction of sp³-hybridized carbons (Fsp3) is 0.556. The third-order valence-electron chi connectivity index (χ3n) is 4.79. The van der Waals surface area contributed by atoms with Crippen LogP contribution in [0.2, 0.25) is 0 Å². The molecule has 9 heteroatoms. The number of sulfonamides is 1. The first-order valence-electron chi connectivity index (χ1n) is 9.02. The van der Waals surface area contributed by atoms with Crippen LogP contribution in [-0.2, 0) is 19.6 Å². The Morgan fingerprint density at radius 3 is 2.56 bits per heavy atom. The van der Waals surface area contributed by atoms with Crippen LogP contribution in [-0.4, -0.2) is 51.6 Å². The number of hydrogen-bond donors (Lipinski definition) is 2. The van der Waals surface area contributed by atoms with Crippen LogP contribution >= 0.6 is 0 Å². The molecule has 0 radical (unpaired) electrons. The zero-order valence-corrected chi connectivity index (χ0v) is 16.3. The number of methoxy groups -OCH3 is 1. The van der Waals surface area contributed by atoms with E-state index in [-0.39, 0.29) is 29.3 Å². The number of carbonyl (C=O) groups is 2. The molecule has 0 bridgehead atoms. The number of nitrogens with zero attached hydrogens (tertiary/aromatic N) is 1. The van der Waals surface area contributed by atoms with E-state index < -0.39 is 10.0 Å². The molecule has 1 aromatic rings. The molecule has 8 nitrogen and oxygen atoms in total. The largest absolute Gasteiger partial charge is 0.495 e. The minimum Gasteiger partial charge on any atom is -0.495 e. The third kappa shape index (κ3) is 5.12. The second-order valence-corrected chi connectivity index (χ2v) is 8.92. The van der Waals surface area contributed by atoms with E-state index >= 15 is 0 Å². The highest BCUT2D eigenvalue weighted by Gasteiger charge is 2.36. The van der Waals surface area contributed by atoms with Crippen molar-refractivity contribution in [3.8, 4) is 5.75 Å². The van der Waals surface area contributed by atoms with Gasteiger partial charge in [0.1, 0.15) is 5.75 Å². The van der Waals surface area contributed by atoms with E-state index in [1.54, 1.807) is 17.0 Å². The molecule has 1 aliphatic carbocycles. The number of carbonyl (C=O) groups excluding carboxylic acids is 2. The molecule has 2 amide bonds. The minimum atomic E-state index is -3.48. The van der Waals surface area contributed by atoms with Crippen molar-refractivity contribution in [2.75, 3.05) is 36.5 Å². The zero-order chi connectivity index (χ0) is 19.6.